The molecule has 0 spiro atoms. The summed E-state index contributed by atoms with van der Waals surface area (Å²) in [5.41, 5.74) is 1.98. The number of carbonyl (C=O) groups is 1. The first-order valence-corrected chi connectivity index (χ1v) is 3.31. The van der Waals surface area contributed by atoms with Crippen LogP contribution >= 0.6 is 0 Å². The molecule has 53 valence electrons. The van der Waals surface area contributed by atoms with Gasteiger partial charge in [0.15, 0.2) is 5.78 Å². The second-order valence-corrected chi connectivity index (χ2v) is 2.58. The Labute approximate surface area is 60.7 Å². The minimum absolute atomic E-state index is 0.0110. The van der Waals surface area contributed by atoms with E-state index < -0.39 is 0 Å². The van der Waals surface area contributed by atoms with Crippen molar-refractivity contribution in [2.75, 3.05) is 0 Å². The first-order valence-electron chi connectivity index (χ1n) is 3.31. The summed E-state index contributed by atoms with van der Waals surface area (Å²) < 4.78 is 0. The number of ketones is 1. The summed E-state index contributed by atoms with van der Waals surface area (Å²) in [4.78, 5) is 14.7. The van der Waals surface area contributed by atoms with E-state index in [-0.39, 0.29) is 11.7 Å². The van der Waals surface area contributed by atoms with Crippen molar-refractivity contribution in [1.29, 1.82) is 0 Å². The minimum atomic E-state index is -0.0162. The number of allylic oxidation sites excluding steroid dienone is 2. The van der Waals surface area contributed by atoms with Crippen LogP contribution in [0, 0.1) is 5.92 Å². The number of hydrogen-bond donors (Lipinski definition) is 0. The fourth-order valence-corrected chi connectivity index (χ4v) is 0.834. The van der Waals surface area contributed by atoms with E-state index in [1.165, 1.54) is 0 Å². The van der Waals surface area contributed by atoms with Crippen molar-refractivity contribution in [3.05, 3.63) is 11.3 Å². The van der Waals surface area contributed by atoms with Gasteiger partial charge in [0.25, 0.3) is 0 Å². The lowest BCUT2D eigenvalue weighted by Gasteiger charge is -2.13. The third-order valence-electron chi connectivity index (χ3n) is 1.95. The van der Waals surface area contributed by atoms with Crippen molar-refractivity contribution >= 4 is 12.0 Å². The first kappa shape index (κ1) is 7.19. The normalized spacial score (nSPS) is 25.9. The molecule has 0 saturated carbocycles. The molecule has 0 aromatic rings. The van der Waals surface area contributed by atoms with Crippen molar-refractivity contribution in [3.8, 4) is 0 Å². The van der Waals surface area contributed by atoms with E-state index in [9.17, 15) is 4.79 Å². The number of nitrogens with zero attached hydrogens (tertiary/aromatic N) is 1. The molecule has 10 heavy (non-hydrogen) atoms. The van der Waals surface area contributed by atoms with Crippen LogP contribution < -0.4 is 0 Å². The quantitative estimate of drug-likeness (QED) is 0.495. The van der Waals surface area contributed by atoms with Gasteiger partial charge in [-0.05, 0) is 19.4 Å². The maximum atomic E-state index is 10.9. The molecule has 1 aliphatic rings. The van der Waals surface area contributed by atoms with Gasteiger partial charge in [-0.3, -0.25) is 4.79 Å². The van der Waals surface area contributed by atoms with Crippen LogP contribution in [0.4, 0.5) is 0 Å². The summed E-state index contributed by atoms with van der Waals surface area (Å²) in [5, 5.41) is 0. The third-order valence-corrected chi connectivity index (χ3v) is 1.95. The monoisotopic (exact) mass is 136 g/mol. The van der Waals surface area contributed by atoms with E-state index in [0.29, 0.717) is 0 Å². The maximum absolute atomic E-state index is 10.9. The average Bonchev–Trinajstić information content (AvgIpc) is 1.93. The van der Waals surface area contributed by atoms with Gasteiger partial charge < -0.3 is 0 Å². The molecular formula is C8H10NO. The third kappa shape index (κ3) is 1.01. The number of aliphatic imine (C=N–C) groups is 1. The molecule has 1 unspecified atom stereocenters. The molecule has 2 nitrogen and oxygen atoms in total. The van der Waals surface area contributed by atoms with Crippen LogP contribution in [0.25, 0.3) is 0 Å². The minimum Gasteiger partial charge on any atom is -0.292 e. The van der Waals surface area contributed by atoms with Crippen molar-refractivity contribution < 1.29 is 4.79 Å². The molecule has 0 saturated heterocycles. The Balaban J connectivity index is 2.99. The van der Waals surface area contributed by atoms with Crippen LogP contribution in [0.15, 0.2) is 16.3 Å². The zero-order valence-electron chi connectivity index (χ0n) is 6.43. The van der Waals surface area contributed by atoms with Gasteiger partial charge in [-0.25, -0.2) is 4.99 Å². The molecule has 0 aliphatic carbocycles. The molecule has 2 heteroatoms. The summed E-state index contributed by atoms with van der Waals surface area (Å²) in [6, 6.07) is 0. The molecular weight excluding hydrogens is 126 g/mol. The van der Waals surface area contributed by atoms with Crippen LogP contribution in [0.1, 0.15) is 20.8 Å². The maximum Gasteiger partial charge on any atom is 0.190 e. The van der Waals surface area contributed by atoms with Crippen LogP contribution in [0.2, 0.25) is 0 Å². The molecule has 1 aliphatic heterocycles. The van der Waals surface area contributed by atoms with E-state index >= 15 is 0 Å². The molecule has 0 fully saturated rings. The molecule has 1 atom stereocenters. The number of carbonyl (C=O) groups excluding carboxylic acids is 1. The van der Waals surface area contributed by atoms with Gasteiger partial charge in [0.2, 0.25) is 0 Å². The molecule has 0 bridgehead atoms. The highest BCUT2D eigenvalue weighted by atomic mass is 16.1. The summed E-state index contributed by atoms with van der Waals surface area (Å²) in [6.45, 7) is 5.70. The van der Waals surface area contributed by atoms with E-state index in [0.717, 1.165) is 11.3 Å². The molecule has 0 N–H and O–H groups in total. The molecule has 0 aromatic heterocycles. The highest BCUT2D eigenvalue weighted by Crippen LogP contribution is 2.18. The van der Waals surface area contributed by atoms with Crippen molar-refractivity contribution in [2.45, 2.75) is 20.8 Å². The fraction of sp³-hybridized carbons (Fsp3) is 0.500. The van der Waals surface area contributed by atoms with Gasteiger partial charge in [0.1, 0.15) is 6.21 Å². The fourth-order valence-electron chi connectivity index (χ4n) is 0.834. The Morgan fingerprint density at radius 1 is 1.50 bits per heavy atom. The van der Waals surface area contributed by atoms with Gasteiger partial charge >= 0.3 is 0 Å². The van der Waals surface area contributed by atoms with Gasteiger partial charge in [0.05, 0.1) is 0 Å². The first-order chi connectivity index (χ1) is 4.63. The lowest BCUT2D eigenvalue weighted by molar-refractivity contribution is -0.114. The van der Waals surface area contributed by atoms with Crippen LogP contribution in [0.3, 0.4) is 0 Å². The summed E-state index contributed by atoms with van der Waals surface area (Å²) in [7, 11) is 0. The predicted octanol–water partition coefficient (Wildman–Crippen LogP) is 1.45. The van der Waals surface area contributed by atoms with Crippen molar-refractivity contribution in [1.82, 2.24) is 0 Å². The predicted molar refractivity (Wildman–Crippen MR) is 40.0 cm³/mol. The molecule has 1 rings (SSSR count). The van der Waals surface area contributed by atoms with Gasteiger partial charge in [-0.1, -0.05) is 6.92 Å². The summed E-state index contributed by atoms with van der Waals surface area (Å²) >= 11 is 0. The second-order valence-electron chi connectivity index (χ2n) is 2.58. The lowest BCUT2D eigenvalue weighted by Crippen LogP contribution is -2.17. The smallest absolute Gasteiger partial charge is 0.190 e. The SMILES string of the molecule is CC1=C(C)C(C)C(=O)[C]=N1. The Morgan fingerprint density at radius 3 is 2.60 bits per heavy atom. The van der Waals surface area contributed by atoms with Crippen molar-refractivity contribution in [2.24, 2.45) is 10.9 Å². The van der Waals surface area contributed by atoms with E-state index in [2.05, 4.69) is 11.2 Å². The Hall–Kier alpha value is -0.920. The summed E-state index contributed by atoms with van der Waals surface area (Å²) in [5.74, 6) is -0.0272. The van der Waals surface area contributed by atoms with Gasteiger partial charge in [-0.2, -0.15) is 0 Å². The van der Waals surface area contributed by atoms with E-state index in [1.54, 1.807) is 0 Å². The highest BCUT2D eigenvalue weighted by Gasteiger charge is 2.18. The zero-order valence-corrected chi connectivity index (χ0v) is 6.43. The Morgan fingerprint density at radius 2 is 2.10 bits per heavy atom. The average molecular weight is 136 g/mol. The number of Topliss-reactive ketones (excluding diaryl/α,β-unsaturated/α-hetero) is 1. The molecule has 1 heterocycles. The van der Waals surface area contributed by atoms with E-state index in [4.69, 9.17) is 0 Å². The topological polar surface area (TPSA) is 29.4 Å². The van der Waals surface area contributed by atoms with E-state index in [1.807, 2.05) is 20.8 Å². The Bertz CT molecular complexity index is 225. The van der Waals surface area contributed by atoms with Crippen molar-refractivity contribution in [3.63, 3.8) is 0 Å². The standard InChI is InChI=1S/C8H10NO/c1-5-6(2)8(10)4-9-7(5)3/h6H,1-3H3. The zero-order chi connectivity index (χ0) is 7.72. The molecule has 0 amide bonds. The molecule has 1 radical (unpaired) electrons. The molecule has 0 aromatic carbocycles. The second kappa shape index (κ2) is 2.37. The summed E-state index contributed by atoms with van der Waals surface area (Å²) in [6.07, 6.45) is 2.44. The Kier molecular flexibility index (Phi) is 1.70. The number of hydrogen-bond acceptors (Lipinski definition) is 2. The number of rotatable bonds is 0. The largest absolute Gasteiger partial charge is 0.292 e. The van der Waals surface area contributed by atoms with Crippen LogP contribution in [0.5, 0.6) is 0 Å². The highest BCUT2D eigenvalue weighted by molar-refractivity contribution is 6.30. The van der Waals surface area contributed by atoms with Gasteiger partial charge in [0, 0.05) is 11.6 Å². The van der Waals surface area contributed by atoms with Gasteiger partial charge in [-0.15, -0.1) is 0 Å². The van der Waals surface area contributed by atoms with Crippen LogP contribution in [-0.2, 0) is 4.79 Å². The lowest BCUT2D eigenvalue weighted by atomic mass is 9.95. The van der Waals surface area contributed by atoms with Crippen LogP contribution in [-0.4, -0.2) is 12.0 Å².